The molecule has 3 aromatic rings. The summed E-state index contributed by atoms with van der Waals surface area (Å²) in [5.41, 5.74) is 4.03. The number of fused-ring (bicyclic) bond motifs is 1. The van der Waals surface area contributed by atoms with E-state index in [0.717, 1.165) is 10.8 Å². The van der Waals surface area contributed by atoms with Crippen LogP contribution in [0.4, 0.5) is 11.4 Å². The van der Waals surface area contributed by atoms with Crippen LogP contribution in [0.15, 0.2) is 65.8 Å². The number of nitrogens with one attached hydrogen (secondary N) is 1. The van der Waals surface area contributed by atoms with Crippen molar-refractivity contribution >= 4 is 28.4 Å². The maximum absolute atomic E-state index is 10.6. The van der Waals surface area contributed by atoms with Crippen LogP contribution < -0.4 is 5.43 Å². The predicted molar refractivity (Wildman–Crippen MR) is 89.9 cm³/mol. The highest BCUT2D eigenvalue weighted by atomic mass is 16.6. The van der Waals surface area contributed by atoms with Gasteiger partial charge in [-0.25, -0.2) is 0 Å². The number of nitro groups is 1. The first-order valence-corrected chi connectivity index (χ1v) is 6.89. The smallest absolute Gasteiger partial charge is 0.269 e. The number of non-ortho nitro benzene ring substituents is 1. The van der Waals surface area contributed by atoms with E-state index in [2.05, 4.69) is 10.5 Å². The zero-order chi connectivity index (χ0) is 16.2. The SMILES string of the molecule is O=[N+]([O-])c1ccc(N/N=C\c2c(O)ccc3ccccc23)cc1. The van der Waals surface area contributed by atoms with Gasteiger partial charge in [-0.3, -0.25) is 15.5 Å². The monoisotopic (exact) mass is 307 g/mol. The van der Waals surface area contributed by atoms with Crippen LogP contribution in [0, 0.1) is 10.1 Å². The lowest BCUT2D eigenvalue weighted by Gasteiger charge is -2.05. The van der Waals surface area contributed by atoms with Gasteiger partial charge in [0.1, 0.15) is 5.75 Å². The quantitative estimate of drug-likeness (QED) is 0.434. The molecule has 6 nitrogen and oxygen atoms in total. The van der Waals surface area contributed by atoms with Gasteiger partial charge in [-0.2, -0.15) is 5.10 Å². The molecule has 0 aliphatic rings. The van der Waals surface area contributed by atoms with E-state index in [9.17, 15) is 15.2 Å². The van der Waals surface area contributed by atoms with E-state index < -0.39 is 4.92 Å². The van der Waals surface area contributed by atoms with Crippen molar-refractivity contribution in [3.8, 4) is 5.75 Å². The molecular formula is C17H13N3O3. The molecule has 23 heavy (non-hydrogen) atoms. The average molecular weight is 307 g/mol. The van der Waals surface area contributed by atoms with Crippen LogP contribution in [-0.4, -0.2) is 16.2 Å². The van der Waals surface area contributed by atoms with Gasteiger partial charge in [0.05, 0.1) is 16.8 Å². The summed E-state index contributed by atoms with van der Waals surface area (Å²) < 4.78 is 0. The minimum atomic E-state index is -0.457. The number of anilines is 1. The Morgan fingerprint density at radius 3 is 2.52 bits per heavy atom. The summed E-state index contributed by atoms with van der Waals surface area (Å²) in [5, 5.41) is 26.6. The number of rotatable bonds is 4. The van der Waals surface area contributed by atoms with E-state index in [1.807, 2.05) is 30.3 Å². The van der Waals surface area contributed by atoms with Gasteiger partial charge in [-0.05, 0) is 29.0 Å². The first-order valence-electron chi connectivity index (χ1n) is 6.89. The standard InChI is InChI=1S/C17H13N3O3/c21-17-10-5-12-3-1-2-4-15(12)16(17)11-18-19-13-6-8-14(9-7-13)20(22)23/h1-11,19,21H/b18-11-. The minimum Gasteiger partial charge on any atom is -0.507 e. The van der Waals surface area contributed by atoms with E-state index >= 15 is 0 Å². The minimum absolute atomic E-state index is 0.0197. The summed E-state index contributed by atoms with van der Waals surface area (Å²) in [6.07, 6.45) is 1.53. The summed E-state index contributed by atoms with van der Waals surface area (Å²) in [5.74, 6) is 0.137. The van der Waals surface area contributed by atoms with Gasteiger partial charge in [0.25, 0.3) is 5.69 Å². The number of nitrogens with zero attached hydrogens (tertiary/aromatic N) is 2. The molecule has 0 atom stereocenters. The first kappa shape index (κ1) is 14.5. The normalized spacial score (nSPS) is 11.0. The lowest BCUT2D eigenvalue weighted by Crippen LogP contribution is -1.93. The summed E-state index contributed by atoms with van der Waals surface area (Å²) in [6, 6.07) is 17.1. The summed E-state index contributed by atoms with van der Waals surface area (Å²) in [6.45, 7) is 0. The Hall–Kier alpha value is -3.41. The molecule has 0 aliphatic heterocycles. The molecule has 0 radical (unpaired) electrons. The van der Waals surface area contributed by atoms with Gasteiger partial charge in [0, 0.05) is 17.7 Å². The molecule has 2 N–H and O–H groups in total. The number of phenolic OH excluding ortho intramolecular Hbond substituents is 1. The summed E-state index contributed by atoms with van der Waals surface area (Å²) in [7, 11) is 0. The maximum Gasteiger partial charge on any atom is 0.269 e. The van der Waals surface area contributed by atoms with E-state index in [0.29, 0.717) is 11.3 Å². The van der Waals surface area contributed by atoms with Gasteiger partial charge in [0.15, 0.2) is 0 Å². The second kappa shape index (κ2) is 6.15. The highest BCUT2D eigenvalue weighted by Gasteiger charge is 2.05. The summed E-state index contributed by atoms with van der Waals surface area (Å²) in [4.78, 5) is 10.1. The van der Waals surface area contributed by atoms with E-state index in [1.165, 1.54) is 18.3 Å². The zero-order valence-electron chi connectivity index (χ0n) is 12.0. The highest BCUT2D eigenvalue weighted by molar-refractivity contribution is 6.02. The molecule has 3 rings (SSSR count). The molecule has 114 valence electrons. The predicted octanol–water partition coefficient (Wildman–Crippen LogP) is 3.90. The van der Waals surface area contributed by atoms with Crippen LogP contribution in [-0.2, 0) is 0 Å². The van der Waals surface area contributed by atoms with Crippen molar-refractivity contribution < 1.29 is 10.0 Å². The molecule has 0 heterocycles. The molecule has 0 amide bonds. The number of hydrogen-bond acceptors (Lipinski definition) is 5. The molecule has 6 heteroatoms. The molecule has 3 aromatic carbocycles. The average Bonchev–Trinajstić information content (AvgIpc) is 2.57. The van der Waals surface area contributed by atoms with Crippen LogP contribution in [0.25, 0.3) is 10.8 Å². The third kappa shape index (κ3) is 3.11. The second-order valence-electron chi connectivity index (χ2n) is 4.89. The van der Waals surface area contributed by atoms with Crippen LogP contribution in [0.3, 0.4) is 0 Å². The van der Waals surface area contributed by atoms with Crippen molar-refractivity contribution in [2.75, 3.05) is 5.43 Å². The van der Waals surface area contributed by atoms with Gasteiger partial charge in [-0.1, -0.05) is 30.3 Å². The van der Waals surface area contributed by atoms with Crippen molar-refractivity contribution in [2.45, 2.75) is 0 Å². The van der Waals surface area contributed by atoms with Crippen molar-refractivity contribution in [2.24, 2.45) is 5.10 Å². The van der Waals surface area contributed by atoms with Gasteiger partial charge in [0.2, 0.25) is 0 Å². The van der Waals surface area contributed by atoms with E-state index in [1.54, 1.807) is 18.2 Å². The van der Waals surface area contributed by atoms with E-state index in [4.69, 9.17) is 0 Å². The van der Waals surface area contributed by atoms with Crippen LogP contribution in [0.5, 0.6) is 5.75 Å². The Morgan fingerprint density at radius 2 is 1.78 bits per heavy atom. The lowest BCUT2D eigenvalue weighted by molar-refractivity contribution is -0.384. The Kier molecular flexibility index (Phi) is 3.88. The molecule has 0 saturated heterocycles. The Bertz CT molecular complexity index is 889. The number of aromatic hydroxyl groups is 1. The topological polar surface area (TPSA) is 87.8 Å². The van der Waals surface area contributed by atoms with Crippen molar-refractivity contribution in [3.63, 3.8) is 0 Å². The van der Waals surface area contributed by atoms with Gasteiger partial charge >= 0.3 is 0 Å². The molecule has 0 fully saturated rings. The Morgan fingerprint density at radius 1 is 1.04 bits per heavy atom. The molecule has 0 bridgehead atoms. The zero-order valence-corrected chi connectivity index (χ0v) is 12.0. The van der Waals surface area contributed by atoms with Gasteiger partial charge < -0.3 is 5.11 Å². The summed E-state index contributed by atoms with van der Waals surface area (Å²) >= 11 is 0. The number of nitro benzene ring substituents is 1. The number of benzene rings is 3. The van der Waals surface area contributed by atoms with Crippen molar-refractivity contribution in [1.82, 2.24) is 0 Å². The van der Waals surface area contributed by atoms with Crippen molar-refractivity contribution in [1.29, 1.82) is 0 Å². The van der Waals surface area contributed by atoms with Crippen LogP contribution >= 0.6 is 0 Å². The number of hydrogen-bond donors (Lipinski definition) is 2. The van der Waals surface area contributed by atoms with Crippen LogP contribution in [0.1, 0.15) is 5.56 Å². The molecule has 0 unspecified atom stereocenters. The third-order valence-electron chi connectivity index (χ3n) is 3.41. The Balaban J connectivity index is 1.83. The van der Waals surface area contributed by atoms with Crippen LogP contribution in [0.2, 0.25) is 0 Å². The lowest BCUT2D eigenvalue weighted by atomic mass is 10.0. The fraction of sp³-hybridized carbons (Fsp3) is 0. The largest absolute Gasteiger partial charge is 0.507 e. The number of hydrazone groups is 1. The second-order valence-corrected chi connectivity index (χ2v) is 4.89. The number of phenols is 1. The maximum atomic E-state index is 10.6. The fourth-order valence-corrected chi connectivity index (χ4v) is 2.25. The first-order chi connectivity index (χ1) is 11.1. The molecule has 0 aromatic heterocycles. The van der Waals surface area contributed by atoms with Gasteiger partial charge in [-0.15, -0.1) is 0 Å². The third-order valence-corrected chi connectivity index (χ3v) is 3.41. The van der Waals surface area contributed by atoms with E-state index in [-0.39, 0.29) is 11.4 Å². The fourth-order valence-electron chi connectivity index (χ4n) is 2.25. The molecule has 0 saturated carbocycles. The molecule has 0 spiro atoms. The molecule has 0 aliphatic carbocycles. The Labute approximate surface area is 131 Å². The van der Waals surface area contributed by atoms with Crippen molar-refractivity contribution in [3.05, 3.63) is 76.3 Å². The highest BCUT2D eigenvalue weighted by Crippen LogP contribution is 2.25. The molecular weight excluding hydrogens is 294 g/mol.